The lowest BCUT2D eigenvalue weighted by Gasteiger charge is -2.27. The summed E-state index contributed by atoms with van der Waals surface area (Å²) in [6, 6.07) is 5.78. The maximum Gasteiger partial charge on any atom is 0.331 e. The quantitative estimate of drug-likeness (QED) is 0.675. The van der Waals surface area contributed by atoms with Crippen LogP contribution in [-0.4, -0.2) is 34.7 Å². The normalized spacial score (nSPS) is 13.0. The number of carbonyl (C=O) groups excluding carboxylic acids is 2. The number of amides is 1. The Labute approximate surface area is 157 Å². The third kappa shape index (κ3) is 5.60. The van der Waals surface area contributed by atoms with E-state index in [0.717, 1.165) is 6.42 Å². The standard InChI is InChI=1S/C19H24FN3O4/c1-4-12-19(2,18(25)26-3)22-15(24)6-5-7-16-21-17(23-27-16)13-8-10-14(20)11-9-13/h8-11H,4-7,12H2,1-3H3,(H,22,24). The van der Waals surface area contributed by atoms with E-state index in [0.29, 0.717) is 36.5 Å². The minimum atomic E-state index is -1.03. The van der Waals surface area contributed by atoms with Crippen LogP contribution in [0.25, 0.3) is 11.4 Å². The van der Waals surface area contributed by atoms with Crippen LogP contribution in [-0.2, 0) is 20.7 Å². The smallest absolute Gasteiger partial charge is 0.331 e. The number of ether oxygens (including phenoxy) is 1. The summed E-state index contributed by atoms with van der Waals surface area (Å²) in [5, 5.41) is 6.61. The van der Waals surface area contributed by atoms with E-state index in [1.807, 2.05) is 6.92 Å². The molecule has 0 aliphatic carbocycles. The van der Waals surface area contributed by atoms with Gasteiger partial charge in [-0.3, -0.25) is 4.79 Å². The molecule has 0 fully saturated rings. The van der Waals surface area contributed by atoms with E-state index in [-0.39, 0.29) is 18.1 Å². The molecule has 1 amide bonds. The van der Waals surface area contributed by atoms with Crippen molar-refractivity contribution in [3.05, 3.63) is 36.0 Å². The number of carbonyl (C=O) groups is 2. The predicted octanol–water partition coefficient (Wildman–Crippen LogP) is 3.05. The molecule has 1 aromatic carbocycles. The van der Waals surface area contributed by atoms with Crippen LogP contribution in [0.3, 0.4) is 0 Å². The number of halogens is 1. The molecule has 0 bridgehead atoms. The molecule has 0 saturated carbocycles. The Morgan fingerprint density at radius 2 is 2.00 bits per heavy atom. The van der Waals surface area contributed by atoms with Gasteiger partial charge in [0.15, 0.2) is 0 Å². The lowest BCUT2D eigenvalue weighted by atomic mass is 9.96. The Bertz CT molecular complexity index is 776. The van der Waals surface area contributed by atoms with Gasteiger partial charge in [0.05, 0.1) is 7.11 Å². The molecular weight excluding hydrogens is 353 g/mol. The molecular formula is C19H24FN3O4. The number of methoxy groups -OCH3 is 1. The molecule has 1 atom stereocenters. The molecule has 2 aromatic rings. The van der Waals surface area contributed by atoms with Crippen molar-refractivity contribution in [3.63, 3.8) is 0 Å². The Morgan fingerprint density at radius 3 is 2.63 bits per heavy atom. The maximum absolute atomic E-state index is 13.0. The summed E-state index contributed by atoms with van der Waals surface area (Å²) in [6.45, 7) is 3.59. The highest BCUT2D eigenvalue weighted by Crippen LogP contribution is 2.18. The lowest BCUT2D eigenvalue weighted by Crippen LogP contribution is -2.52. The molecule has 1 unspecified atom stereocenters. The van der Waals surface area contributed by atoms with Crippen LogP contribution in [0.5, 0.6) is 0 Å². The molecule has 0 spiro atoms. The maximum atomic E-state index is 13.0. The SMILES string of the molecule is CCCC(C)(NC(=O)CCCc1nc(-c2ccc(F)cc2)no1)C(=O)OC. The van der Waals surface area contributed by atoms with Crippen molar-refractivity contribution in [2.75, 3.05) is 7.11 Å². The molecule has 1 heterocycles. The number of hydrogen-bond donors (Lipinski definition) is 1. The molecule has 8 heteroatoms. The van der Waals surface area contributed by atoms with Gasteiger partial charge in [0.25, 0.3) is 0 Å². The summed E-state index contributed by atoms with van der Waals surface area (Å²) in [7, 11) is 1.30. The highest BCUT2D eigenvalue weighted by molar-refractivity contribution is 5.87. The summed E-state index contributed by atoms with van der Waals surface area (Å²) >= 11 is 0. The molecule has 0 saturated heterocycles. The Morgan fingerprint density at radius 1 is 1.30 bits per heavy atom. The number of rotatable bonds is 9. The van der Waals surface area contributed by atoms with Gasteiger partial charge in [-0.15, -0.1) is 0 Å². The molecule has 0 radical (unpaired) electrons. The number of aromatic nitrogens is 2. The van der Waals surface area contributed by atoms with E-state index < -0.39 is 11.5 Å². The van der Waals surface area contributed by atoms with E-state index in [1.165, 1.54) is 19.2 Å². The van der Waals surface area contributed by atoms with Gasteiger partial charge in [0.2, 0.25) is 17.6 Å². The monoisotopic (exact) mass is 377 g/mol. The summed E-state index contributed by atoms with van der Waals surface area (Å²) in [6.07, 6.45) is 2.35. The van der Waals surface area contributed by atoms with Crippen LogP contribution in [0.15, 0.2) is 28.8 Å². The second kappa shape index (κ2) is 9.25. The Hall–Kier alpha value is -2.77. The third-order valence-electron chi connectivity index (χ3n) is 4.17. The van der Waals surface area contributed by atoms with E-state index in [2.05, 4.69) is 15.5 Å². The van der Waals surface area contributed by atoms with Gasteiger partial charge in [-0.05, 0) is 44.0 Å². The van der Waals surface area contributed by atoms with Gasteiger partial charge in [0, 0.05) is 18.4 Å². The molecule has 0 aliphatic rings. The average molecular weight is 377 g/mol. The summed E-state index contributed by atoms with van der Waals surface area (Å²) in [5.41, 5.74) is -0.376. The fourth-order valence-electron chi connectivity index (χ4n) is 2.78. The Balaban J connectivity index is 1.86. The number of aryl methyl sites for hydroxylation is 1. The van der Waals surface area contributed by atoms with E-state index in [9.17, 15) is 14.0 Å². The summed E-state index contributed by atoms with van der Waals surface area (Å²) < 4.78 is 22.9. The highest BCUT2D eigenvalue weighted by atomic mass is 19.1. The van der Waals surface area contributed by atoms with Gasteiger partial charge in [-0.2, -0.15) is 4.98 Å². The van der Waals surface area contributed by atoms with Crippen LogP contribution in [0.4, 0.5) is 4.39 Å². The molecule has 2 rings (SSSR count). The van der Waals surface area contributed by atoms with Crippen molar-refractivity contribution in [1.29, 1.82) is 0 Å². The zero-order valence-electron chi connectivity index (χ0n) is 15.8. The van der Waals surface area contributed by atoms with Crippen LogP contribution >= 0.6 is 0 Å². The van der Waals surface area contributed by atoms with Gasteiger partial charge in [-0.25, -0.2) is 9.18 Å². The largest absolute Gasteiger partial charge is 0.467 e. The third-order valence-corrected chi connectivity index (χ3v) is 4.17. The summed E-state index contributed by atoms with van der Waals surface area (Å²) in [5.74, 6) is -0.272. The first kappa shape index (κ1) is 20.5. The summed E-state index contributed by atoms with van der Waals surface area (Å²) in [4.78, 5) is 28.3. The van der Waals surface area contributed by atoms with Crippen molar-refractivity contribution < 1.29 is 23.2 Å². The molecule has 0 aliphatic heterocycles. The number of nitrogens with zero attached hydrogens (tertiary/aromatic N) is 2. The number of esters is 1. The average Bonchev–Trinajstić information content (AvgIpc) is 3.10. The van der Waals surface area contributed by atoms with Gasteiger partial charge in [0.1, 0.15) is 11.4 Å². The van der Waals surface area contributed by atoms with E-state index >= 15 is 0 Å². The van der Waals surface area contributed by atoms with Gasteiger partial charge >= 0.3 is 5.97 Å². The van der Waals surface area contributed by atoms with E-state index in [1.54, 1.807) is 19.1 Å². The van der Waals surface area contributed by atoms with Gasteiger partial charge in [-0.1, -0.05) is 18.5 Å². The van der Waals surface area contributed by atoms with E-state index in [4.69, 9.17) is 9.26 Å². The fraction of sp³-hybridized carbons (Fsp3) is 0.474. The molecule has 7 nitrogen and oxygen atoms in total. The molecule has 27 heavy (non-hydrogen) atoms. The predicted molar refractivity (Wildman–Crippen MR) is 96.1 cm³/mol. The lowest BCUT2D eigenvalue weighted by molar-refractivity contribution is -0.150. The van der Waals surface area contributed by atoms with Crippen LogP contribution < -0.4 is 5.32 Å². The van der Waals surface area contributed by atoms with Gasteiger partial charge < -0.3 is 14.6 Å². The van der Waals surface area contributed by atoms with Crippen molar-refractivity contribution >= 4 is 11.9 Å². The van der Waals surface area contributed by atoms with Crippen LogP contribution in [0.2, 0.25) is 0 Å². The molecule has 146 valence electrons. The minimum Gasteiger partial charge on any atom is -0.467 e. The molecule has 1 N–H and O–H groups in total. The van der Waals surface area contributed by atoms with Crippen molar-refractivity contribution in [2.45, 2.75) is 51.5 Å². The highest BCUT2D eigenvalue weighted by Gasteiger charge is 2.34. The number of hydrogen-bond acceptors (Lipinski definition) is 6. The first-order chi connectivity index (χ1) is 12.9. The topological polar surface area (TPSA) is 94.3 Å². The number of benzene rings is 1. The van der Waals surface area contributed by atoms with Crippen LogP contribution in [0.1, 0.15) is 45.4 Å². The molecule has 1 aromatic heterocycles. The first-order valence-corrected chi connectivity index (χ1v) is 8.86. The second-order valence-corrected chi connectivity index (χ2v) is 6.49. The van der Waals surface area contributed by atoms with Crippen molar-refractivity contribution in [3.8, 4) is 11.4 Å². The first-order valence-electron chi connectivity index (χ1n) is 8.86. The van der Waals surface area contributed by atoms with Crippen molar-refractivity contribution in [2.24, 2.45) is 0 Å². The second-order valence-electron chi connectivity index (χ2n) is 6.49. The fourth-order valence-corrected chi connectivity index (χ4v) is 2.78. The zero-order valence-corrected chi connectivity index (χ0v) is 15.8. The minimum absolute atomic E-state index is 0.213. The number of nitrogens with one attached hydrogen (secondary N) is 1. The zero-order chi connectivity index (χ0) is 19.9. The van der Waals surface area contributed by atoms with Crippen LogP contribution in [0, 0.1) is 5.82 Å². The van der Waals surface area contributed by atoms with Crippen molar-refractivity contribution in [1.82, 2.24) is 15.5 Å². The Kier molecular flexibility index (Phi) is 7.04.